The van der Waals surface area contributed by atoms with Gasteiger partial charge in [-0.05, 0) is 30.3 Å². The summed E-state index contributed by atoms with van der Waals surface area (Å²) < 4.78 is 10.9. The van der Waals surface area contributed by atoms with Gasteiger partial charge in [0.25, 0.3) is 5.91 Å². The van der Waals surface area contributed by atoms with E-state index in [0.29, 0.717) is 22.6 Å². The molecule has 2 rings (SSSR count). The van der Waals surface area contributed by atoms with Crippen molar-refractivity contribution >= 4 is 5.91 Å². The molecule has 2 aromatic carbocycles. The Morgan fingerprint density at radius 1 is 1.24 bits per heavy atom. The van der Waals surface area contributed by atoms with Crippen LogP contribution in [0.5, 0.6) is 11.5 Å². The minimum Gasteiger partial charge on any atom is -0.496 e. The molecule has 2 aromatic rings. The van der Waals surface area contributed by atoms with E-state index >= 15 is 0 Å². The number of amides is 1. The number of nitriles is 1. The van der Waals surface area contributed by atoms with Gasteiger partial charge in [-0.15, -0.1) is 0 Å². The van der Waals surface area contributed by atoms with Crippen LogP contribution < -0.4 is 15.2 Å². The van der Waals surface area contributed by atoms with E-state index in [1.54, 1.807) is 49.6 Å². The molecule has 0 spiro atoms. The van der Waals surface area contributed by atoms with Gasteiger partial charge in [0.2, 0.25) is 0 Å². The Morgan fingerprint density at radius 3 is 2.67 bits per heavy atom. The smallest absolute Gasteiger partial charge is 0.252 e. The summed E-state index contributed by atoms with van der Waals surface area (Å²) in [5.41, 5.74) is 6.84. The summed E-state index contributed by atoms with van der Waals surface area (Å²) in [4.78, 5) is 11.3. The predicted octanol–water partition coefficient (Wildman–Crippen LogP) is 2.24. The van der Waals surface area contributed by atoms with E-state index in [1.165, 1.54) is 0 Å². The first-order valence-electron chi connectivity index (χ1n) is 6.24. The van der Waals surface area contributed by atoms with Gasteiger partial charge in [-0.25, -0.2) is 0 Å². The number of ether oxygens (including phenoxy) is 2. The van der Waals surface area contributed by atoms with E-state index in [-0.39, 0.29) is 6.61 Å². The third-order valence-corrected chi connectivity index (χ3v) is 2.95. The number of benzene rings is 2. The standard InChI is InChI=1S/C16H14N2O3/c1-20-14-7-6-11(9-17)8-12(14)10-21-15-5-3-2-4-13(15)16(18)19/h2-8H,10H2,1H3,(H2,18,19). The van der Waals surface area contributed by atoms with Gasteiger partial charge in [0.05, 0.1) is 24.3 Å². The zero-order chi connectivity index (χ0) is 15.2. The highest BCUT2D eigenvalue weighted by atomic mass is 16.5. The zero-order valence-corrected chi connectivity index (χ0v) is 11.5. The summed E-state index contributed by atoms with van der Waals surface area (Å²) in [7, 11) is 1.54. The second-order valence-electron chi connectivity index (χ2n) is 4.29. The maximum Gasteiger partial charge on any atom is 0.252 e. The van der Waals surface area contributed by atoms with Crippen LogP contribution in [0.3, 0.4) is 0 Å². The van der Waals surface area contributed by atoms with Crippen LogP contribution in [0.1, 0.15) is 21.5 Å². The average Bonchev–Trinajstić information content (AvgIpc) is 2.52. The number of carbonyl (C=O) groups is 1. The van der Waals surface area contributed by atoms with E-state index in [9.17, 15) is 4.79 Å². The van der Waals surface area contributed by atoms with Crippen molar-refractivity contribution in [1.29, 1.82) is 5.26 Å². The van der Waals surface area contributed by atoms with Crippen molar-refractivity contribution in [2.24, 2.45) is 5.73 Å². The molecule has 0 heterocycles. The third-order valence-electron chi connectivity index (χ3n) is 2.95. The Bertz CT molecular complexity index is 705. The van der Waals surface area contributed by atoms with Crippen LogP contribution in [0.2, 0.25) is 0 Å². The molecule has 0 aromatic heterocycles. The first-order chi connectivity index (χ1) is 10.2. The Hall–Kier alpha value is -3.00. The second-order valence-corrected chi connectivity index (χ2v) is 4.29. The molecule has 0 bridgehead atoms. The monoisotopic (exact) mass is 282 g/mol. The summed E-state index contributed by atoms with van der Waals surface area (Å²) in [6.07, 6.45) is 0. The molecular formula is C16H14N2O3. The molecular weight excluding hydrogens is 268 g/mol. The molecule has 21 heavy (non-hydrogen) atoms. The van der Waals surface area contributed by atoms with Crippen LogP contribution in [-0.2, 0) is 6.61 Å². The Morgan fingerprint density at radius 2 is 2.00 bits per heavy atom. The highest BCUT2D eigenvalue weighted by Crippen LogP contribution is 2.23. The first kappa shape index (κ1) is 14.4. The normalized spacial score (nSPS) is 9.71. The molecule has 2 N–H and O–H groups in total. The molecule has 0 saturated carbocycles. The van der Waals surface area contributed by atoms with Crippen molar-refractivity contribution in [3.05, 3.63) is 59.2 Å². The van der Waals surface area contributed by atoms with Gasteiger partial charge in [0, 0.05) is 5.56 Å². The molecule has 0 atom stereocenters. The molecule has 0 saturated heterocycles. The Labute approximate surface area is 122 Å². The lowest BCUT2D eigenvalue weighted by Crippen LogP contribution is -2.13. The predicted molar refractivity (Wildman–Crippen MR) is 77.0 cm³/mol. The lowest BCUT2D eigenvalue weighted by Gasteiger charge is -2.12. The number of para-hydroxylation sites is 1. The maximum absolute atomic E-state index is 11.3. The molecule has 0 aliphatic heterocycles. The zero-order valence-electron chi connectivity index (χ0n) is 11.5. The minimum atomic E-state index is -0.552. The number of nitrogens with zero attached hydrogens (tertiary/aromatic N) is 1. The highest BCUT2D eigenvalue weighted by molar-refractivity contribution is 5.95. The van der Waals surface area contributed by atoms with Gasteiger partial charge in [0.1, 0.15) is 18.1 Å². The molecule has 0 radical (unpaired) electrons. The molecule has 106 valence electrons. The van der Waals surface area contributed by atoms with Crippen LogP contribution in [-0.4, -0.2) is 13.0 Å². The van der Waals surface area contributed by atoms with Crippen molar-refractivity contribution in [3.63, 3.8) is 0 Å². The molecule has 1 amide bonds. The van der Waals surface area contributed by atoms with Crippen molar-refractivity contribution in [1.82, 2.24) is 0 Å². The topological polar surface area (TPSA) is 85.3 Å². The summed E-state index contributed by atoms with van der Waals surface area (Å²) >= 11 is 0. The fourth-order valence-electron chi connectivity index (χ4n) is 1.91. The third kappa shape index (κ3) is 3.31. The summed E-state index contributed by atoms with van der Waals surface area (Å²) in [5.74, 6) is 0.461. The van der Waals surface area contributed by atoms with Crippen molar-refractivity contribution in [2.75, 3.05) is 7.11 Å². The fourth-order valence-corrected chi connectivity index (χ4v) is 1.91. The van der Waals surface area contributed by atoms with E-state index in [4.69, 9.17) is 20.5 Å². The fraction of sp³-hybridized carbons (Fsp3) is 0.125. The van der Waals surface area contributed by atoms with Crippen LogP contribution in [0.4, 0.5) is 0 Å². The van der Waals surface area contributed by atoms with E-state index < -0.39 is 5.91 Å². The minimum absolute atomic E-state index is 0.170. The van der Waals surface area contributed by atoms with Gasteiger partial charge < -0.3 is 15.2 Å². The van der Waals surface area contributed by atoms with Crippen molar-refractivity contribution in [2.45, 2.75) is 6.61 Å². The number of rotatable bonds is 5. The van der Waals surface area contributed by atoms with Crippen molar-refractivity contribution in [3.8, 4) is 17.6 Å². The van der Waals surface area contributed by atoms with E-state index in [1.807, 2.05) is 0 Å². The molecule has 0 aliphatic carbocycles. The number of hydrogen-bond donors (Lipinski definition) is 1. The Balaban J connectivity index is 2.24. The van der Waals surface area contributed by atoms with Gasteiger partial charge in [-0.1, -0.05) is 12.1 Å². The lowest BCUT2D eigenvalue weighted by molar-refractivity contribution is 0.0996. The van der Waals surface area contributed by atoms with Crippen molar-refractivity contribution < 1.29 is 14.3 Å². The van der Waals surface area contributed by atoms with Gasteiger partial charge in [0.15, 0.2) is 0 Å². The SMILES string of the molecule is COc1ccc(C#N)cc1COc1ccccc1C(N)=O. The number of methoxy groups -OCH3 is 1. The Kier molecular flexibility index (Phi) is 4.42. The van der Waals surface area contributed by atoms with Crippen LogP contribution in [0.15, 0.2) is 42.5 Å². The average molecular weight is 282 g/mol. The molecule has 0 unspecified atom stereocenters. The maximum atomic E-state index is 11.3. The number of carbonyl (C=O) groups excluding carboxylic acids is 1. The summed E-state index contributed by atoms with van der Waals surface area (Å²) in [6, 6.07) is 13.9. The molecule has 5 heteroatoms. The first-order valence-corrected chi connectivity index (χ1v) is 6.24. The van der Waals surface area contributed by atoms with E-state index in [2.05, 4.69) is 6.07 Å². The van der Waals surface area contributed by atoms with Crippen LogP contribution in [0, 0.1) is 11.3 Å². The quantitative estimate of drug-likeness (QED) is 0.911. The molecule has 0 aliphatic rings. The highest BCUT2D eigenvalue weighted by Gasteiger charge is 2.10. The van der Waals surface area contributed by atoms with Gasteiger partial charge in [-0.3, -0.25) is 4.79 Å². The number of nitrogens with two attached hydrogens (primary N) is 1. The summed E-state index contributed by atoms with van der Waals surface area (Å²) in [6.45, 7) is 0.170. The molecule has 0 fully saturated rings. The second kappa shape index (κ2) is 6.44. The largest absolute Gasteiger partial charge is 0.496 e. The number of hydrogen-bond acceptors (Lipinski definition) is 4. The summed E-state index contributed by atoms with van der Waals surface area (Å²) in [5, 5.41) is 8.93. The molecule has 5 nitrogen and oxygen atoms in total. The van der Waals surface area contributed by atoms with E-state index in [0.717, 1.165) is 5.56 Å². The lowest BCUT2D eigenvalue weighted by atomic mass is 10.1. The number of primary amides is 1. The van der Waals surface area contributed by atoms with Gasteiger partial charge in [-0.2, -0.15) is 5.26 Å². The van der Waals surface area contributed by atoms with Crippen LogP contribution >= 0.6 is 0 Å². The van der Waals surface area contributed by atoms with Gasteiger partial charge >= 0.3 is 0 Å². The van der Waals surface area contributed by atoms with Crippen LogP contribution in [0.25, 0.3) is 0 Å².